The van der Waals surface area contributed by atoms with E-state index in [0.29, 0.717) is 26.2 Å². The molecule has 0 fully saturated rings. The molecule has 0 spiro atoms. The van der Waals surface area contributed by atoms with Crippen LogP contribution in [0.3, 0.4) is 0 Å². The van der Waals surface area contributed by atoms with Gasteiger partial charge in [0.15, 0.2) is 0 Å². The first-order valence-corrected chi connectivity index (χ1v) is 7.77. The van der Waals surface area contributed by atoms with Crippen molar-refractivity contribution in [1.29, 1.82) is 0 Å². The molecule has 3 aromatic rings. The van der Waals surface area contributed by atoms with Crippen LogP contribution >= 0.6 is 34.5 Å². The average molecular weight is 350 g/mol. The minimum atomic E-state index is -1.32. The van der Waals surface area contributed by atoms with Crippen molar-refractivity contribution in [2.75, 3.05) is 0 Å². The monoisotopic (exact) mass is 349 g/mol. The zero-order valence-electron chi connectivity index (χ0n) is 10.9. The largest absolute Gasteiger partial charge is 0.544 e. The fraction of sp³-hybridized carbons (Fsp3) is 0. The van der Waals surface area contributed by atoms with Crippen molar-refractivity contribution in [3.8, 4) is 11.1 Å². The molecule has 1 heterocycles. The smallest absolute Gasteiger partial charge is 0.150 e. The molecule has 0 saturated heterocycles. The van der Waals surface area contributed by atoms with Gasteiger partial charge in [0.25, 0.3) is 0 Å². The van der Waals surface area contributed by atoms with Gasteiger partial charge >= 0.3 is 0 Å². The number of benzene rings is 2. The van der Waals surface area contributed by atoms with Crippen LogP contribution < -0.4 is 5.11 Å². The Bertz CT molecular complexity index is 898. The van der Waals surface area contributed by atoms with Gasteiger partial charge in [-0.15, -0.1) is 11.3 Å². The molecule has 1 aromatic heterocycles. The highest BCUT2D eigenvalue weighted by molar-refractivity contribution is 7.21. The Kier molecular flexibility index (Phi) is 3.91. The van der Waals surface area contributed by atoms with E-state index in [1.54, 1.807) is 36.4 Å². The fourth-order valence-corrected chi connectivity index (χ4v) is 3.99. The lowest BCUT2D eigenvalue weighted by Gasteiger charge is -2.06. The third-order valence-corrected chi connectivity index (χ3v) is 5.07. The molecule has 3 nitrogen and oxygen atoms in total. The first-order valence-electron chi connectivity index (χ1n) is 6.19. The van der Waals surface area contributed by atoms with Crippen molar-refractivity contribution >= 4 is 56.9 Å². The molecule has 2 aromatic carbocycles. The maximum atomic E-state index is 11.2. The molecule has 3 rings (SSSR count). The second-order valence-corrected chi connectivity index (χ2v) is 6.47. The van der Waals surface area contributed by atoms with E-state index in [4.69, 9.17) is 23.2 Å². The zero-order chi connectivity index (χ0) is 15.9. The van der Waals surface area contributed by atoms with Crippen LogP contribution in [0.1, 0.15) is 20.0 Å². The Morgan fingerprint density at radius 2 is 1.82 bits per heavy atom. The van der Waals surface area contributed by atoms with Crippen molar-refractivity contribution in [1.82, 2.24) is 0 Å². The third kappa shape index (κ3) is 2.50. The summed E-state index contributed by atoms with van der Waals surface area (Å²) in [6.07, 6.45) is 0.753. The highest BCUT2D eigenvalue weighted by atomic mass is 35.5. The van der Waals surface area contributed by atoms with Gasteiger partial charge < -0.3 is 9.90 Å². The molecule has 110 valence electrons. The van der Waals surface area contributed by atoms with Crippen molar-refractivity contribution in [3.63, 3.8) is 0 Å². The quantitative estimate of drug-likeness (QED) is 0.670. The van der Waals surface area contributed by atoms with E-state index < -0.39 is 5.97 Å². The van der Waals surface area contributed by atoms with Gasteiger partial charge in [0, 0.05) is 20.7 Å². The number of thiophene rings is 1. The average Bonchev–Trinajstić information content (AvgIpc) is 2.83. The number of carboxylic acid groups (broad SMARTS) is 1. The number of hydrogen-bond acceptors (Lipinski definition) is 4. The predicted octanol–water partition coefficient (Wildman–Crippen LogP) is 4.05. The Hall–Kier alpha value is -1.88. The van der Waals surface area contributed by atoms with Crippen LogP contribution in [0.2, 0.25) is 10.0 Å². The summed E-state index contributed by atoms with van der Waals surface area (Å²) in [5.41, 5.74) is 2.06. The van der Waals surface area contributed by atoms with Gasteiger partial charge in [-0.2, -0.15) is 0 Å². The minimum Gasteiger partial charge on any atom is -0.544 e. The molecule has 0 radical (unpaired) electrons. The van der Waals surface area contributed by atoms with E-state index in [1.807, 2.05) is 0 Å². The molecular formula is C16H7Cl2O3S-. The van der Waals surface area contributed by atoms with Crippen LogP contribution in [0.5, 0.6) is 0 Å². The number of carbonyl (C=O) groups excluding carboxylic acids is 2. The van der Waals surface area contributed by atoms with Gasteiger partial charge in [0.2, 0.25) is 0 Å². The minimum absolute atomic E-state index is 0.0234. The van der Waals surface area contributed by atoms with E-state index in [1.165, 1.54) is 0 Å². The molecule has 0 bridgehead atoms. The van der Waals surface area contributed by atoms with E-state index in [-0.39, 0.29) is 9.90 Å². The zero-order valence-corrected chi connectivity index (χ0v) is 13.3. The normalized spacial score (nSPS) is 10.8. The third-order valence-electron chi connectivity index (χ3n) is 3.24. The van der Waals surface area contributed by atoms with Crippen molar-refractivity contribution in [2.45, 2.75) is 0 Å². The predicted molar refractivity (Wildman–Crippen MR) is 87.0 cm³/mol. The molecule has 0 unspecified atom stereocenters. The standard InChI is InChI=1S/C16H8Cl2O3S/c17-10-5-11(9-3-1-8(7-19)2-4-9)13-12(6-10)22-15(14(13)18)16(20)21/h1-7H,(H,20,21)/p-1. The summed E-state index contributed by atoms with van der Waals surface area (Å²) in [7, 11) is 0. The van der Waals surface area contributed by atoms with Crippen LogP contribution in [0.4, 0.5) is 0 Å². The van der Waals surface area contributed by atoms with E-state index in [0.717, 1.165) is 23.2 Å². The molecule has 0 N–H and O–H groups in total. The molecule has 0 atom stereocenters. The Labute approximate surface area is 139 Å². The Morgan fingerprint density at radius 1 is 1.14 bits per heavy atom. The molecular weight excluding hydrogens is 343 g/mol. The van der Waals surface area contributed by atoms with Crippen LogP contribution in [0.25, 0.3) is 21.2 Å². The van der Waals surface area contributed by atoms with Gasteiger partial charge in [0.1, 0.15) is 6.29 Å². The molecule has 0 aliphatic heterocycles. The molecule has 0 amide bonds. The van der Waals surface area contributed by atoms with Crippen LogP contribution in [0.15, 0.2) is 36.4 Å². The maximum absolute atomic E-state index is 11.2. The lowest BCUT2D eigenvalue weighted by molar-refractivity contribution is -0.254. The first kappa shape index (κ1) is 15.0. The Morgan fingerprint density at radius 3 is 2.41 bits per heavy atom. The van der Waals surface area contributed by atoms with Crippen molar-refractivity contribution in [2.24, 2.45) is 0 Å². The summed E-state index contributed by atoms with van der Waals surface area (Å²) in [5.74, 6) is -1.32. The molecule has 22 heavy (non-hydrogen) atoms. The van der Waals surface area contributed by atoms with Crippen LogP contribution in [-0.2, 0) is 0 Å². The molecule has 6 heteroatoms. The summed E-state index contributed by atoms with van der Waals surface area (Å²) in [6.45, 7) is 0. The molecule has 0 saturated carbocycles. The summed E-state index contributed by atoms with van der Waals surface area (Å²) < 4.78 is 0.672. The second kappa shape index (κ2) is 5.72. The number of aldehydes is 1. The summed E-state index contributed by atoms with van der Waals surface area (Å²) >= 11 is 13.4. The van der Waals surface area contributed by atoms with Gasteiger partial charge in [-0.3, -0.25) is 4.79 Å². The summed E-state index contributed by atoms with van der Waals surface area (Å²) in [5, 5.41) is 12.4. The second-order valence-electron chi connectivity index (χ2n) is 4.60. The van der Waals surface area contributed by atoms with E-state index in [2.05, 4.69) is 0 Å². The Balaban J connectivity index is 2.31. The number of fused-ring (bicyclic) bond motifs is 1. The highest BCUT2D eigenvalue weighted by Gasteiger charge is 2.16. The summed E-state index contributed by atoms with van der Waals surface area (Å²) in [6, 6.07) is 10.3. The number of hydrogen-bond donors (Lipinski definition) is 0. The highest BCUT2D eigenvalue weighted by Crippen LogP contribution is 2.42. The van der Waals surface area contributed by atoms with Crippen molar-refractivity contribution in [3.05, 3.63) is 56.9 Å². The van der Waals surface area contributed by atoms with Crippen molar-refractivity contribution < 1.29 is 14.7 Å². The van der Waals surface area contributed by atoms with Crippen LogP contribution in [-0.4, -0.2) is 12.3 Å². The topological polar surface area (TPSA) is 57.2 Å². The molecule has 0 aliphatic carbocycles. The SMILES string of the molecule is O=Cc1ccc(-c2cc(Cl)cc3sc(C(=O)[O-])c(Cl)c23)cc1. The summed E-state index contributed by atoms with van der Waals surface area (Å²) in [4.78, 5) is 21.9. The fourth-order valence-electron chi connectivity index (χ4n) is 2.26. The van der Waals surface area contributed by atoms with Gasteiger partial charge in [0.05, 0.1) is 15.9 Å². The lowest BCUT2D eigenvalue weighted by Crippen LogP contribution is -2.21. The molecule has 0 aliphatic rings. The maximum Gasteiger partial charge on any atom is 0.150 e. The number of rotatable bonds is 3. The number of carboxylic acids is 1. The number of halogens is 2. The first-order chi connectivity index (χ1) is 10.5. The van der Waals surface area contributed by atoms with Gasteiger partial charge in [-0.1, -0.05) is 47.5 Å². The van der Waals surface area contributed by atoms with Gasteiger partial charge in [-0.05, 0) is 23.3 Å². The number of aromatic carboxylic acids is 1. The van der Waals surface area contributed by atoms with E-state index >= 15 is 0 Å². The lowest BCUT2D eigenvalue weighted by atomic mass is 10.0. The van der Waals surface area contributed by atoms with E-state index in [9.17, 15) is 14.7 Å². The van der Waals surface area contributed by atoms with Gasteiger partial charge in [-0.25, -0.2) is 0 Å². The number of carbonyl (C=O) groups is 2. The van der Waals surface area contributed by atoms with Crippen LogP contribution in [0, 0.1) is 0 Å².